The lowest BCUT2D eigenvalue weighted by atomic mass is 10.2. The van der Waals surface area contributed by atoms with E-state index in [9.17, 15) is 0 Å². The first kappa shape index (κ1) is 23.1. The molecule has 0 radical (unpaired) electrons. The lowest BCUT2D eigenvalue weighted by molar-refractivity contribution is 0.615. The van der Waals surface area contributed by atoms with Crippen molar-refractivity contribution in [2.45, 2.75) is 57.9 Å². The van der Waals surface area contributed by atoms with Gasteiger partial charge in [-0.05, 0) is 64.0 Å². The van der Waals surface area contributed by atoms with Crippen LogP contribution >= 0.6 is 35.7 Å². The van der Waals surface area contributed by atoms with E-state index in [1.165, 1.54) is 24.8 Å². The quantitative estimate of drug-likeness (QED) is 0.341. The Bertz CT molecular complexity index is 789. The Balaban J connectivity index is 0.00000280. The number of benzene rings is 1. The zero-order valence-electron chi connectivity index (χ0n) is 17.2. The van der Waals surface area contributed by atoms with Gasteiger partial charge in [0, 0.05) is 23.5 Å². The Hall–Kier alpha value is -1.22. The van der Waals surface area contributed by atoms with Crippen LogP contribution < -0.4 is 10.6 Å². The topological polar surface area (TPSA) is 54.2 Å². The second kappa shape index (κ2) is 11.1. The summed E-state index contributed by atoms with van der Waals surface area (Å²) in [5.41, 5.74) is 4.45. The van der Waals surface area contributed by atoms with Gasteiger partial charge in [0.05, 0.1) is 17.9 Å². The summed E-state index contributed by atoms with van der Waals surface area (Å²) in [7, 11) is 0. The van der Waals surface area contributed by atoms with Gasteiger partial charge < -0.3 is 10.6 Å². The minimum atomic E-state index is 0. The maximum Gasteiger partial charge on any atom is 0.191 e. The molecular formula is C21H32IN5S. The van der Waals surface area contributed by atoms with Crippen LogP contribution in [0.5, 0.6) is 0 Å². The van der Waals surface area contributed by atoms with Crippen molar-refractivity contribution in [3.8, 4) is 5.69 Å². The number of nitrogens with zero attached hydrogens (tertiary/aromatic N) is 3. The molecule has 1 aromatic heterocycles. The molecule has 2 atom stereocenters. The Morgan fingerprint density at radius 3 is 2.71 bits per heavy atom. The predicted molar refractivity (Wildman–Crippen MR) is 131 cm³/mol. The molecule has 2 N–H and O–H groups in total. The van der Waals surface area contributed by atoms with E-state index in [4.69, 9.17) is 4.99 Å². The van der Waals surface area contributed by atoms with Crippen LogP contribution in [-0.2, 0) is 6.54 Å². The van der Waals surface area contributed by atoms with E-state index in [1.54, 1.807) is 0 Å². The van der Waals surface area contributed by atoms with Crippen molar-refractivity contribution in [2.24, 2.45) is 4.99 Å². The molecule has 1 aliphatic carbocycles. The van der Waals surface area contributed by atoms with Gasteiger partial charge in [0.15, 0.2) is 5.96 Å². The van der Waals surface area contributed by atoms with Crippen LogP contribution in [0, 0.1) is 13.8 Å². The lowest BCUT2D eigenvalue weighted by Gasteiger charge is -2.17. The van der Waals surface area contributed by atoms with Gasteiger partial charge in [-0.25, -0.2) is 9.67 Å². The van der Waals surface area contributed by atoms with Crippen LogP contribution in [0.2, 0.25) is 0 Å². The number of halogens is 1. The predicted octanol–water partition coefficient (Wildman–Crippen LogP) is 4.45. The molecule has 0 amide bonds. The van der Waals surface area contributed by atoms with E-state index in [-0.39, 0.29) is 24.0 Å². The van der Waals surface area contributed by atoms with Crippen molar-refractivity contribution in [1.82, 2.24) is 20.4 Å². The van der Waals surface area contributed by atoms with Gasteiger partial charge in [0.2, 0.25) is 0 Å². The fourth-order valence-corrected chi connectivity index (χ4v) is 4.48. The summed E-state index contributed by atoms with van der Waals surface area (Å²) in [6.45, 7) is 7.72. The van der Waals surface area contributed by atoms with Gasteiger partial charge >= 0.3 is 0 Å². The summed E-state index contributed by atoms with van der Waals surface area (Å²) in [4.78, 5) is 4.87. The lowest BCUT2D eigenvalue weighted by Crippen LogP contribution is -2.42. The second-order valence-electron chi connectivity index (χ2n) is 7.17. The van der Waals surface area contributed by atoms with E-state index in [1.807, 2.05) is 23.4 Å². The third kappa shape index (κ3) is 5.89. The van der Waals surface area contributed by atoms with Crippen LogP contribution in [0.4, 0.5) is 0 Å². The number of hydrogen-bond donors (Lipinski definition) is 2. The van der Waals surface area contributed by atoms with Crippen molar-refractivity contribution < 1.29 is 0 Å². The highest BCUT2D eigenvalue weighted by Gasteiger charge is 2.24. The number of aliphatic imine (C=N–C) groups is 1. The first-order chi connectivity index (χ1) is 13.1. The molecule has 154 valence electrons. The minimum Gasteiger partial charge on any atom is -0.357 e. The van der Waals surface area contributed by atoms with E-state index >= 15 is 0 Å². The standard InChI is InChI=1S/C21H31N5S.HI/c1-5-22-21(24-18-10-11-19(13-18)27-4)23-14-17-8-6-7-9-20(17)26-16(3)12-15(2)25-26;/h6-9,12,18-19H,5,10-11,13-14H2,1-4H3,(H2,22,23,24);1H. The van der Waals surface area contributed by atoms with Gasteiger partial charge in [0.25, 0.3) is 0 Å². The molecule has 1 aliphatic rings. The Morgan fingerprint density at radius 1 is 1.29 bits per heavy atom. The number of hydrogen-bond acceptors (Lipinski definition) is 3. The average molecular weight is 513 g/mol. The summed E-state index contributed by atoms with van der Waals surface area (Å²) >= 11 is 1.98. The number of aryl methyl sites for hydroxylation is 2. The third-order valence-electron chi connectivity index (χ3n) is 5.04. The molecular weight excluding hydrogens is 481 g/mol. The number of aromatic nitrogens is 2. The zero-order chi connectivity index (χ0) is 19.2. The molecule has 1 fully saturated rings. The van der Waals surface area contributed by atoms with E-state index in [0.717, 1.165) is 34.8 Å². The van der Waals surface area contributed by atoms with Crippen molar-refractivity contribution in [1.29, 1.82) is 0 Å². The van der Waals surface area contributed by atoms with Crippen LogP contribution in [0.15, 0.2) is 35.3 Å². The molecule has 5 nitrogen and oxygen atoms in total. The largest absolute Gasteiger partial charge is 0.357 e. The number of para-hydroxylation sites is 1. The Kier molecular flexibility index (Phi) is 9.14. The molecule has 3 rings (SSSR count). The minimum absolute atomic E-state index is 0. The van der Waals surface area contributed by atoms with E-state index in [0.29, 0.717) is 12.6 Å². The van der Waals surface area contributed by atoms with E-state index < -0.39 is 0 Å². The van der Waals surface area contributed by atoms with Crippen molar-refractivity contribution in [3.63, 3.8) is 0 Å². The van der Waals surface area contributed by atoms with E-state index in [2.05, 4.69) is 66.2 Å². The number of nitrogens with one attached hydrogen (secondary N) is 2. The Morgan fingerprint density at radius 2 is 2.07 bits per heavy atom. The molecule has 0 aliphatic heterocycles. The summed E-state index contributed by atoms with van der Waals surface area (Å²) < 4.78 is 2.01. The van der Waals surface area contributed by atoms with Crippen LogP contribution in [0.1, 0.15) is 43.1 Å². The summed E-state index contributed by atoms with van der Waals surface area (Å²) in [5, 5.41) is 12.4. The maximum atomic E-state index is 4.87. The van der Waals surface area contributed by atoms with Crippen LogP contribution in [-0.4, -0.2) is 39.8 Å². The smallest absolute Gasteiger partial charge is 0.191 e. The maximum absolute atomic E-state index is 4.87. The SMILES string of the molecule is CCNC(=NCc1ccccc1-n1nc(C)cc1C)NC1CCC(SC)C1.I. The van der Waals surface area contributed by atoms with Gasteiger partial charge in [0.1, 0.15) is 0 Å². The van der Waals surface area contributed by atoms with Crippen LogP contribution in [0.3, 0.4) is 0 Å². The molecule has 2 unspecified atom stereocenters. The highest BCUT2D eigenvalue weighted by atomic mass is 127. The molecule has 7 heteroatoms. The third-order valence-corrected chi connectivity index (χ3v) is 6.13. The molecule has 0 bridgehead atoms. The summed E-state index contributed by atoms with van der Waals surface area (Å²) in [6.07, 6.45) is 5.94. The van der Waals surface area contributed by atoms with Crippen molar-refractivity contribution in [2.75, 3.05) is 12.8 Å². The normalized spacial score (nSPS) is 19.4. The molecule has 1 saturated carbocycles. The average Bonchev–Trinajstić information content (AvgIpc) is 3.25. The monoisotopic (exact) mass is 513 g/mol. The first-order valence-corrected chi connectivity index (χ1v) is 11.1. The zero-order valence-corrected chi connectivity index (χ0v) is 20.4. The molecule has 2 aromatic rings. The van der Waals surface area contributed by atoms with Gasteiger partial charge in [-0.3, -0.25) is 0 Å². The van der Waals surface area contributed by atoms with Gasteiger partial charge in [-0.15, -0.1) is 24.0 Å². The second-order valence-corrected chi connectivity index (χ2v) is 8.31. The number of rotatable bonds is 6. The fourth-order valence-electron chi connectivity index (χ4n) is 3.69. The fraction of sp³-hybridized carbons (Fsp3) is 0.524. The molecule has 0 spiro atoms. The van der Waals surface area contributed by atoms with Gasteiger partial charge in [-0.2, -0.15) is 16.9 Å². The number of guanidine groups is 1. The highest BCUT2D eigenvalue weighted by Crippen LogP contribution is 2.28. The summed E-state index contributed by atoms with van der Waals surface area (Å²) in [6, 6.07) is 11.0. The van der Waals surface area contributed by atoms with Gasteiger partial charge in [-0.1, -0.05) is 18.2 Å². The Labute approximate surface area is 190 Å². The van der Waals surface area contributed by atoms with Crippen LogP contribution in [0.25, 0.3) is 5.69 Å². The van der Waals surface area contributed by atoms with Crippen molar-refractivity contribution in [3.05, 3.63) is 47.3 Å². The highest BCUT2D eigenvalue weighted by molar-refractivity contribution is 14.0. The van der Waals surface area contributed by atoms with Crippen molar-refractivity contribution >= 4 is 41.7 Å². The molecule has 1 aromatic carbocycles. The first-order valence-electron chi connectivity index (χ1n) is 9.80. The molecule has 28 heavy (non-hydrogen) atoms. The molecule has 1 heterocycles. The summed E-state index contributed by atoms with van der Waals surface area (Å²) in [5.74, 6) is 0.910. The number of thioether (sulfide) groups is 1. The molecule has 0 saturated heterocycles.